The molecular weight excluding hydrogens is 419 g/mol. The lowest BCUT2D eigenvalue weighted by Crippen LogP contribution is -2.46. The van der Waals surface area contributed by atoms with Crippen LogP contribution < -0.4 is 4.90 Å². The Hall–Kier alpha value is -2.94. The minimum Gasteiger partial charge on any atom is -0.354 e. The minimum atomic E-state index is -4.37. The third-order valence-electron chi connectivity index (χ3n) is 6.38. The van der Waals surface area contributed by atoms with Crippen molar-refractivity contribution in [3.8, 4) is 0 Å². The summed E-state index contributed by atoms with van der Waals surface area (Å²) < 4.78 is 43.8. The molecule has 0 atom stereocenters. The molecule has 5 rings (SSSR count). The number of hydrogen-bond donors (Lipinski definition) is 0. The molecule has 6 nitrogen and oxygen atoms in total. The molecule has 0 amide bonds. The molecule has 2 aliphatic rings. The number of aryl methyl sites for hydroxylation is 1. The molecule has 0 radical (unpaired) electrons. The Labute approximate surface area is 184 Å². The van der Waals surface area contributed by atoms with Gasteiger partial charge in [-0.25, -0.2) is 4.98 Å². The molecule has 1 saturated carbocycles. The van der Waals surface area contributed by atoms with Gasteiger partial charge in [0.1, 0.15) is 5.82 Å². The van der Waals surface area contributed by atoms with E-state index in [2.05, 4.69) is 46.2 Å². The van der Waals surface area contributed by atoms with E-state index in [-0.39, 0.29) is 5.41 Å². The Morgan fingerprint density at radius 2 is 1.72 bits per heavy atom. The zero-order chi connectivity index (χ0) is 22.3. The van der Waals surface area contributed by atoms with Crippen LogP contribution in [0.3, 0.4) is 0 Å². The maximum Gasteiger partial charge on any atom is 0.417 e. The van der Waals surface area contributed by atoms with E-state index < -0.39 is 11.7 Å². The van der Waals surface area contributed by atoms with Crippen LogP contribution in [0.25, 0.3) is 0 Å². The Morgan fingerprint density at radius 1 is 1.00 bits per heavy atom. The normalized spacial score (nSPS) is 18.7. The van der Waals surface area contributed by atoms with Crippen LogP contribution >= 0.6 is 0 Å². The number of aromatic nitrogens is 3. The molecule has 0 unspecified atom stereocenters. The molecule has 0 spiro atoms. The second-order valence-corrected chi connectivity index (χ2v) is 8.63. The SMILES string of the molecule is Cc1ccc(C2(c3noc(CN4CCN(c5ccc(C(F)(F)F)cn5)CC4)n3)CC2)cc1. The van der Waals surface area contributed by atoms with Gasteiger partial charge in [-0.3, -0.25) is 4.90 Å². The molecule has 1 aliphatic carbocycles. The van der Waals surface area contributed by atoms with Crippen LogP contribution in [0.5, 0.6) is 0 Å². The number of benzene rings is 1. The van der Waals surface area contributed by atoms with Crippen molar-refractivity contribution in [2.75, 3.05) is 31.1 Å². The predicted molar refractivity (Wildman–Crippen MR) is 112 cm³/mol. The molecule has 2 fully saturated rings. The van der Waals surface area contributed by atoms with Gasteiger partial charge in [-0.2, -0.15) is 18.2 Å². The summed E-state index contributed by atoms with van der Waals surface area (Å²) in [6.07, 6.45) is -1.43. The first-order valence-electron chi connectivity index (χ1n) is 10.7. The van der Waals surface area contributed by atoms with Crippen LogP contribution in [0.1, 0.15) is 41.2 Å². The van der Waals surface area contributed by atoms with Crippen LogP contribution in [0.4, 0.5) is 19.0 Å². The summed E-state index contributed by atoms with van der Waals surface area (Å²) in [6.45, 7) is 5.46. The van der Waals surface area contributed by atoms with E-state index in [4.69, 9.17) is 9.51 Å². The molecule has 0 N–H and O–H groups in total. The van der Waals surface area contributed by atoms with E-state index in [0.29, 0.717) is 31.3 Å². The van der Waals surface area contributed by atoms with E-state index in [0.717, 1.165) is 44.0 Å². The van der Waals surface area contributed by atoms with Crippen molar-refractivity contribution in [3.63, 3.8) is 0 Å². The van der Waals surface area contributed by atoms with E-state index in [1.54, 1.807) is 0 Å². The average molecular weight is 443 g/mol. The van der Waals surface area contributed by atoms with Crippen molar-refractivity contribution in [1.29, 1.82) is 0 Å². The molecule has 9 heteroatoms. The van der Waals surface area contributed by atoms with Crippen LogP contribution in [0.15, 0.2) is 47.1 Å². The van der Waals surface area contributed by atoms with Crippen molar-refractivity contribution in [1.82, 2.24) is 20.0 Å². The first kappa shape index (κ1) is 20.9. The maximum absolute atomic E-state index is 12.7. The topological polar surface area (TPSA) is 58.3 Å². The Kier molecular flexibility index (Phi) is 5.16. The Bertz CT molecular complexity index is 1070. The zero-order valence-electron chi connectivity index (χ0n) is 17.8. The van der Waals surface area contributed by atoms with Gasteiger partial charge in [0, 0.05) is 32.4 Å². The molecule has 3 aromatic rings. The number of pyridine rings is 1. The molecule has 168 valence electrons. The van der Waals surface area contributed by atoms with Crippen LogP contribution in [-0.2, 0) is 18.1 Å². The van der Waals surface area contributed by atoms with E-state index in [1.807, 2.05) is 4.90 Å². The predicted octanol–water partition coefficient (Wildman–Crippen LogP) is 4.19. The molecule has 0 bridgehead atoms. The molecule has 32 heavy (non-hydrogen) atoms. The van der Waals surface area contributed by atoms with Crippen molar-refractivity contribution in [2.45, 2.75) is 37.9 Å². The third-order valence-corrected chi connectivity index (χ3v) is 6.38. The van der Waals surface area contributed by atoms with E-state index >= 15 is 0 Å². The molecule has 1 saturated heterocycles. The highest BCUT2D eigenvalue weighted by molar-refractivity contribution is 5.41. The molecule has 3 heterocycles. The first-order valence-corrected chi connectivity index (χ1v) is 10.7. The van der Waals surface area contributed by atoms with E-state index in [1.165, 1.54) is 17.2 Å². The van der Waals surface area contributed by atoms with Gasteiger partial charge in [0.05, 0.1) is 17.5 Å². The number of piperazine rings is 1. The zero-order valence-corrected chi connectivity index (χ0v) is 17.8. The fourth-order valence-corrected chi connectivity index (χ4v) is 4.22. The number of nitrogens with zero attached hydrogens (tertiary/aromatic N) is 5. The number of anilines is 1. The van der Waals surface area contributed by atoms with Crippen LogP contribution in [-0.4, -0.2) is 46.2 Å². The van der Waals surface area contributed by atoms with Gasteiger partial charge in [0.2, 0.25) is 5.89 Å². The van der Waals surface area contributed by atoms with Crippen molar-refractivity contribution >= 4 is 5.82 Å². The summed E-state index contributed by atoms with van der Waals surface area (Å²) in [5.74, 6) is 1.91. The number of halogens is 3. The largest absolute Gasteiger partial charge is 0.417 e. The van der Waals surface area contributed by atoms with Gasteiger partial charge in [-0.15, -0.1) is 0 Å². The fraction of sp³-hybridized carbons (Fsp3) is 0.435. The highest BCUT2D eigenvalue weighted by Crippen LogP contribution is 2.52. The van der Waals surface area contributed by atoms with Gasteiger partial charge in [0.25, 0.3) is 0 Å². The van der Waals surface area contributed by atoms with Crippen molar-refractivity contribution in [3.05, 3.63) is 71.0 Å². The monoisotopic (exact) mass is 443 g/mol. The molecular formula is C23H24F3N5O. The van der Waals surface area contributed by atoms with Crippen molar-refractivity contribution in [2.24, 2.45) is 0 Å². The fourth-order valence-electron chi connectivity index (χ4n) is 4.22. The van der Waals surface area contributed by atoms with Gasteiger partial charge in [-0.05, 0) is 37.5 Å². The van der Waals surface area contributed by atoms with Crippen molar-refractivity contribution < 1.29 is 17.7 Å². The molecule has 2 aromatic heterocycles. The minimum absolute atomic E-state index is 0.123. The van der Waals surface area contributed by atoms with Gasteiger partial charge < -0.3 is 9.42 Å². The summed E-state index contributed by atoms with van der Waals surface area (Å²) in [7, 11) is 0. The quantitative estimate of drug-likeness (QED) is 0.589. The summed E-state index contributed by atoms with van der Waals surface area (Å²) in [6, 6.07) is 11.0. The summed E-state index contributed by atoms with van der Waals surface area (Å²) >= 11 is 0. The Morgan fingerprint density at radius 3 is 2.31 bits per heavy atom. The first-order chi connectivity index (χ1) is 15.3. The maximum atomic E-state index is 12.7. The number of alkyl halides is 3. The second kappa shape index (κ2) is 7.88. The summed E-state index contributed by atoms with van der Waals surface area (Å²) in [4.78, 5) is 12.9. The lowest BCUT2D eigenvalue weighted by molar-refractivity contribution is -0.137. The molecule has 1 aromatic carbocycles. The van der Waals surface area contributed by atoms with Gasteiger partial charge in [-0.1, -0.05) is 35.0 Å². The van der Waals surface area contributed by atoms with Crippen LogP contribution in [0.2, 0.25) is 0 Å². The Balaban J connectivity index is 1.19. The van der Waals surface area contributed by atoms with Crippen LogP contribution in [0, 0.1) is 6.92 Å². The van der Waals surface area contributed by atoms with Gasteiger partial charge >= 0.3 is 6.18 Å². The molecule has 1 aliphatic heterocycles. The smallest absolute Gasteiger partial charge is 0.354 e. The average Bonchev–Trinajstić information content (AvgIpc) is 3.46. The second-order valence-electron chi connectivity index (χ2n) is 8.63. The standard InChI is InChI=1S/C23H24F3N5O/c1-16-2-4-17(5-3-16)22(8-9-22)21-28-20(32-29-21)15-30-10-12-31(13-11-30)19-7-6-18(14-27-19)23(24,25)26/h2-7,14H,8-13,15H2,1H3. The highest BCUT2D eigenvalue weighted by Gasteiger charge is 2.50. The number of rotatable bonds is 5. The van der Waals surface area contributed by atoms with E-state index in [9.17, 15) is 13.2 Å². The summed E-state index contributed by atoms with van der Waals surface area (Å²) in [5, 5.41) is 4.28. The van der Waals surface area contributed by atoms with Gasteiger partial charge in [0.15, 0.2) is 5.82 Å². The highest BCUT2D eigenvalue weighted by atomic mass is 19.4. The lowest BCUT2D eigenvalue weighted by Gasteiger charge is -2.34. The lowest BCUT2D eigenvalue weighted by atomic mass is 9.94. The summed E-state index contributed by atoms with van der Waals surface area (Å²) in [5.41, 5.74) is 1.60. The third kappa shape index (κ3) is 4.09. The number of hydrogen-bond acceptors (Lipinski definition) is 6.